The van der Waals surface area contributed by atoms with Crippen molar-refractivity contribution in [3.63, 3.8) is 0 Å². The molecule has 3 N–H and O–H groups in total. The fourth-order valence-electron chi connectivity index (χ4n) is 3.19. The molecule has 0 saturated heterocycles. The first-order valence-electron chi connectivity index (χ1n) is 10.6. The third-order valence-electron chi connectivity index (χ3n) is 4.98. The molecule has 3 aromatic rings. The quantitative estimate of drug-likeness (QED) is 0.440. The van der Waals surface area contributed by atoms with Crippen molar-refractivity contribution in [3.05, 3.63) is 72.2 Å². The van der Waals surface area contributed by atoms with Crippen LogP contribution in [0.25, 0.3) is 0 Å². The molecular formula is C25H27N3O6. The lowest BCUT2D eigenvalue weighted by Crippen LogP contribution is -2.47. The van der Waals surface area contributed by atoms with E-state index in [2.05, 4.69) is 16.0 Å². The van der Waals surface area contributed by atoms with Crippen LogP contribution in [0.5, 0.6) is 11.5 Å². The number of anilines is 2. The molecule has 3 rings (SSSR count). The molecule has 0 spiro atoms. The molecule has 0 radical (unpaired) electrons. The second-order valence-electron chi connectivity index (χ2n) is 7.80. The molecule has 34 heavy (non-hydrogen) atoms. The first-order chi connectivity index (χ1) is 16.3. The van der Waals surface area contributed by atoms with Crippen molar-refractivity contribution in [2.75, 3.05) is 24.9 Å². The van der Waals surface area contributed by atoms with Crippen LogP contribution < -0.4 is 25.4 Å². The molecule has 0 aliphatic heterocycles. The highest BCUT2D eigenvalue weighted by atomic mass is 16.5. The van der Waals surface area contributed by atoms with Crippen molar-refractivity contribution in [2.24, 2.45) is 5.92 Å². The number of methoxy groups -OCH3 is 2. The minimum absolute atomic E-state index is 0.172. The highest BCUT2D eigenvalue weighted by Gasteiger charge is 2.25. The van der Waals surface area contributed by atoms with Gasteiger partial charge in [-0.3, -0.25) is 14.4 Å². The third kappa shape index (κ3) is 6.16. The SMILES string of the molecule is COc1cc(OC)cc(C(=O)NC(C(=O)Nc2cccc(NC(=O)c3ccco3)c2)C(C)C)c1. The zero-order valence-corrected chi connectivity index (χ0v) is 19.4. The molecule has 0 saturated carbocycles. The van der Waals surface area contributed by atoms with Crippen molar-refractivity contribution in [1.29, 1.82) is 0 Å². The zero-order chi connectivity index (χ0) is 24.7. The lowest BCUT2D eigenvalue weighted by Gasteiger charge is -2.22. The van der Waals surface area contributed by atoms with Gasteiger partial charge in [-0.25, -0.2) is 0 Å². The monoisotopic (exact) mass is 465 g/mol. The van der Waals surface area contributed by atoms with E-state index in [1.165, 1.54) is 20.5 Å². The Morgan fingerprint density at radius 2 is 1.47 bits per heavy atom. The lowest BCUT2D eigenvalue weighted by molar-refractivity contribution is -0.118. The Labute approximate surface area is 197 Å². The van der Waals surface area contributed by atoms with Gasteiger partial charge < -0.3 is 29.8 Å². The standard InChI is InChI=1S/C25H27N3O6/c1-15(2)22(28-23(29)16-11-19(32-3)14-20(12-16)33-4)25(31)27-18-8-5-7-17(13-18)26-24(30)21-9-6-10-34-21/h5-15,22H,1-4H3,(H,26,30)(H,27,31)(H,28,29). The average molecular weight is 466 g/mol. The zero-order valence-electron chi connectivity index (χ0n) is 19.4. The van der Waals surface area contributed by atoms with E-state index in [0.29, 0.717) is 28.4 Å². The normalized spacial score (nSPS) is 11.4. The molecule has 2 aromatic carbocycles. The van der Waals surface area contributed by atoms with E-state index in [1.807, 2.05) is 13.8 Å². The van der Waals surface area contributed by atoms with Gasteiger partial charge in [-0.05, 0) is 48.4 Å². The van der Waals surface area contributed by atoms with Crippen LogP contribution in [0.15, 0.2) is 65.3 Å². The highest BCUT2D eigenvalue weighted by Crippen LogP contribution is 2.23. The van der Waals surface area contributed by atoms with E-state index >= 15 is 0 Å². The summed E-state index contributed by atoms with van der Waals surface area (Å²) in [7, 11) is 2.98. The topological polar surface area (TPSA) is 119 Å². The molecule has 0 bridgehead atoms. The molecule has 1 unspecified atom stereocenters. The number of carbonyl (C=O) groups is 3. The molecular weight excluding hydrogens is 438 g/mol. The number of amides is 3. The summed E-state index contributed by atoms with van der Waals surface area (Å²) in [5.74, 6) is -0.343. The summed E-state index contributed by atoms with van der Waals surface area (Å²) in [6.07, 6.45) is 1.41. The Hall–Kier alpha value is -4.27. The van der Waals surface area contributed by atoms with Crippen molar-refractivity contribution in [2.45, 2.75) is 19.9 Å². The summed E-state index contributed by atoms with van der Waals surface area (Å²) in [4.78, 5) is 38.1. The van der Waals surface area contributed by atoms with Gasteiger partial charge in [-0.15, -0.1) is 0 Å². The van der Waals surface area contributed by atoms with Gasteiger partial charge in [-0.2, -0.15) is 0 Å². The van der Waals surface area contributed by atoms with E-state index in [0.717, 1.165) is 0 Å². The smallest absolute Gasteiger partial charge is 0.291 e. The van der Waals surface area contributed by atoms with Crippen LogP contribution in [0.2, 0.25) is 0 Å². The summed E-state index contributed by atoms with van der Waals surface area (Å²) >= 11 is 0. The van der Waals surface area contributed by atoms with Gasteiger partial charge in [0.15, 0.2) is 5.76 Å². The van der Waals surface area contributed by atoms with E-state index in [4.69, 9.17) is 13.9 Å². The fraction of sp³-hybridized carbons (Fsp3) is 0.240. The maximum Gasteiger partial charge on any atom is 0.291 e. The largest absolute Gasteiger partial charge is 0.497 e. The molecule has 1 heterocycles. The van der Waals surface area contributed by atoms with Gasteiger partial charge in [0.05, 0.1) is 20.5 Å². The molecule has 0 aliphatic rings. The minimum atomic E-state index is -0.814. The number of nitrogens with one attached hydrogen (secondary N) is 3. The molecule has 9 heteroatoms. The summed E-state index contributed by atoms with van der Waals surface area (Å²) < 4.78 is 15.5. The van der Waals surface area contributed by atoms with E-state index in [9.17, 15) is 14.4 Å². The van der Waals surface area contributed by atoms with Gasteiger partial charge in [0.1, 0.15) is 17.5 Å². The van der Waals surface area contributed by atoms with Gasteiger partial charge in [0.2, 0.25) is 5.91 Å². The van der Waals surface area contributed by atoms with E-state index < -0.39 is 23.8 Å². The maximum absolute atomic E-state index is 13.0. The van der Waals surface area contributed by atoms with Crippen molar-refractivity contribution in [3.8, 4) is 11.5 Å². The van der Waals surface area contributed by atoms with Crippen LogP contribution in [-0.4, -0.2) is 38.0 Å². The maximum atomic E-state index is 13.0. The molecule has 1 aromatic heterocycles. The number of hydrogen-bond donors (Lipinski definition) is 3. The van der Waals surface area contributed by atoms with Crippen molar-refractivity contribution < 1.29 is 28.3 Å². The van der Waals surface area contributed by atoms with Crippen LogP contribution in [0.4, 0.5) is 11.4 Å². The number of rotatable bonds is 9. The predicted octanol–water partition coefficient (Wildman–Crippen LogP) is 3.94. The highest BCUT2D eigenvalue weighted by molar-refractivity contribution is 6.04. The molecule has 9 nitrogen and oxygen atoms in total. The average Bonchev–Trinajstić information content (AvgIpc) is 3.37. The first kappa shape index (κ1) is 24.4. The third-order valence-corrected chi connectivity index (χ3v) is 4.98. The number of hydrogen-bond acceptors (Lipinski definition) is 6. The van der Waals surface area contributed by atoms with Gasteiger partial charge in [0.25, 0.3) is 11.8 Å². The lowest BCUT2D eigenvalue weighted by atomic mass is 10.0. The number of ether oxygens (including phenoxy) is 2. The number of benzene rings is 2. The molecule has 3 amide bonds. The minimum Gasteiger partial charge on any atom is -0.497 e. The van der Waals surface area contributed by atoms with E-state index in [1.54, 1.807) is 54.6 Å². The van der Waals surface area contributed by atoms with Crippen LogP contribution in [0.3, 0.4) is 0 Å². The number of carbonyl (C=O) groups excluding carboxylic acids is 3. The van der Waals surface area contributed by atoms with Gasteiger partial charge in [-0.1, -0.05) is 19.9 Å². The Bertz CT molecular complexity index is 1130. The molecule has 1 atom stereocenters. The van der Waals surface area contributed by atoms with Gasteiger partial charge in [0, 0.05) is 23.0 Å². The molecule has 0 aliphatic carbocycles. The summed E-state index contributed by atoms with van der Waals surface area (Å²) in [5.41, 5.74) is 1.25. The Kier molecular flexibility index (Phi) is 7.92. The molecule has 178 valence electrons. The molecule has 0 fully saturated rings. The second-order valence-corrected chi connectivity index (χ2v) is 7.80. The van der Waals surface area contributed by atoms with E-state index in [-0.39, 0.29) is 11.7 Å². The van der Waals surface area contributed by atoms with Crippen molar-refractivity contribution >= 4 is 29.1 Å². The van der Waals surface area contributed by atoms with Crippen LogP contribution in [-0.2, 0) is 4.79 Å². The second kappa shape index (κ2) is 11.0. The fourth-order valence-corrected chi connectivity index (χ4v) is 3.19. The van der Waals surface area contributed by atoms with Crippen LogP contribution in [0.1, 0.15) is 34.8 Å². The Morgan fingerprint density at radius 1 is 0.824 bits per heavy atom. The number of furan rings is 1. The predicted molar refractivity (Wildman–Crippen MR) is 127 cm³/mol. The van der Waals surface area contributed by atoms with Crippen LogP contribution in [0, 0.1) is 5.92 Å². The summed E-state index contributed by atoms with van der Waals surface area (Å²) in [6.45, 7) is 3.66. The Balaban J connectivity index is 1.71. The summed E-state index contributed by atoms with van der Waals surface area (Å²) in [5, 5.41) is 8.28. The first-order valence-corrected chi connectivity index (χ1v) is 10.6. The Morgan fingerprint density at radius 3 is 2.03 bits per heavy atom. The van der Waals surface area contributed by atoms with Crippen LogP contribution >= 0.6 is 0 Å². The van der Waals surface area contributed by atoms with Gasteiger partial charge >= 0.3 is 0 Å². The summed E-state index contributed by atoms with van der Waals surface area (Å²) in [6, 6.07) is 13.8. The van der Waals surface area contributed by atoms with Crippen molar-refractivity contribution in [1.82, 2.24) is 5.32 Å².